The third-order valence-corrected chi connectivity index (χ3v) is 2.72. The van der Waals surface area contributed by atoms with Crippen molar-refractivity contribution in [1.29, 1.82) is 0 Å². The van der Waals surface area contributed by atoms with Crippen molar-refractivity contribution in [2.24, 2.45) is 0 Å². The van der Waals surface area contributed by atoms with E-state index in [1.807, 2.05) is 12.1 Å². The van der Waals surface area contributed by atoms with Crippen molar-refractivity contribution in [3.63, 3.8) is 0 Å². The Morgan fingerprint density at radius 2 is 1.82 bits per heavy atom. The topological polar surface area (TPSA) is 0 Å². The summed E-state index contributed by atoms with van der Waals surface area (Å²) in [5.41, 5.74) is 1.26. The first-order valence-corrected chi connectivity index (χ1v) is 4.53. The predicted octanol–water partition coefficient (Wildman–Crippen LogP) is 3.39. The van der Waals surface area contributed by atoms with E-state index in [9.17, 15) is 0 Å². The first-order chi connectivity index (χ1) is 5.13. The van der Waals surface area contributed by atoms with Crippen LogP contribution in [-0.4, -0.2) is 0 Å². The van der Waals surface area contributed by atoms with Crippen LogP contribution in [0.5, 0.6) is 0 Å². The molecule has 11 heavy (non-hydrogen) atoms. The van der Waals surface area contributed by atoms with E-state index in [0.717, 1.165) is 9.79 Å². The molecule has 0 unspecified atom stereocenters. The zero-order valence-electron chi connectivity index (χ0n) is 6.70. The van der Waals surface area contributed by atoms with Crippen LogP contribution in [0, 0.1) is 0 Å². The third kappa shape index (κ3) is 1.94. The molecule has 0 aliphatic carbocycles. The van der Waals surface area contributed by atoms with Crippen LogP contribution in [0.25, 0.3) is 0 Å². The lowest BCUT2D eigenvalue weighted by atomic mass is 10.0. The number of rotatable bonds is 1. The molecule has 0 nitrogen and oxygen atoms in total. The van der Waals surface area contributed by atoms with Gasteiger partial charge in [-0.25, -0.2) is 0 Å². The fourth-order valence-corrected chi connectivity index (χ4v) is 1.64. The summed E-state index contributed by atoms with van der Waals surface area (Å²) in [6, 6.07) is 6.06. The van der Waals surface area contributed by atoms with E-state index in [-0.39, 0.29) is 0 Å². The number of benzene rings is 1. The molecule has 1 aromatic rings. The van der Waals surface area contributed by atoms with Gasteiger partial charge in [0.1, 0.15) is 0 Å². The Balaban J connectivity index is 3.17. The van der Waals surface area contributed by atoms with E-state index in [2.05, 4.69) is 45.2 Å². The highest BCUT2D eigenvalue weighted by Crippen LogP contribution is 2.27. The predicted molar refractivity (Wildman–Crippen MR) is 55.0 cm³/mol. The summed E-state index contributed by atoms with van der Waals surface area (Å²) in [4.78, 5) is 1.96. The van der Waals surface area contributed by atoms with Gasteiger partial charge in [0.15, 0.2) is 0 Å². The highest BCUT2D eigenvalue weighted by Gasteiger charge is 2.04. The molecule has 0 aromatic heterocycles. The van der Waals surface area contributed by atoms with E-state index in [1.54, 1.807) is 0 Å². The minimum atomic E-state index is 0.523. The Morgan fingerprint density at radius 1 is 1.18 bits per heavy atom. The minimum Gasteiger partial charge on any atom is -0.142 e. The first kappa shape index (κ1) is 9.01. The van der Waals surface area contributed by atoms with Gasteiger partial charge in [-0.2, -0.15) is 0 Å². The highest BCUT2D eigenvalue weighted by atomic mass is 32.1. The highest BCUT2D eigenvalue weighted by molar-refractivity contribution is 7.83. The van der Waals surface area contributed by atoms with Crippen LogP contribution < -0.4 is 0 Å². The molecule has 0 bridgehead atoms. The molecule has 0 amide bonds. The quantitative estimate of drug-likeness (QED) is 0.614. The van der Waals surface area contributed by atoms with Crippen LogP contribution in [0.15, 0.2) is 28.0 Å². The maximum Gasteiger partial charge on any atom is 0.0209 e. The summed E-state index contributed by atoms with van der Waals surface area (Å²) in [6.45, 7) is 4.31. The molecule has 0 aliphatic heterocycles. The summed E-state index contributed by atoms with van der Waals surface area (Å²) in [5.74, 6) is 0.523. The summed E-state index contributed by atoms with van der Waals surface area (Å²) >= 11 is 8.66. The maximum absolute atomic E-state index is 4.37. The third-order valence-electron chi connectivity index (χ3n) is 1.67. The first-order valence-electron chi connectivity index (χ1n) is 3.63. The number of thiol groups is 2. The molecule has 0 saturated carbocycles. The van der Waals surface area contributed by atoms with E-state index in [4.69, 9.17) is 0 Å². The zero-order chi connectivity index (χ0) is 8.43. The zero-order valence-corrected chi connectivity index (χ0v) is 8.49. The molecule has 60 valence electrons. The monoisotopic (exact) mass is 184 g/mol. The van der Waals surface area contributed by atoms with E-state index in [0.29, 0.717) is 5.92 Å². The molecular formula is C9H12S2. The van der Waals surface area contributed by atoms with Crippen molar-refractivity contribution in [3.8, 4) is 0 Å². The minimum absolute atomic E-state index is 0.523. The molecular weight excluding hydrogens is 172 g/mol. The fraction of sp³-hybridized carbons (Fsp3) is 0.333. The maximum atomic E-state index is 4.37. The van der Waals surface area contributed by atoms with Crippen molar-refractivity contribution in [1.82, 2.24) is 0 Å². The van der Waals surface area contributed by atoms with Crippen molar-refractivity contribution in [3.05, 3.63) is 23.8 Å². The Hall–Kier alpha value is -0.0800. The van der Waals surface area contributed by atoms with Crippen molar-refractivity contribution in [2.75, 3.05) is 0 Å². The molecule has 2 heteroatoms. The largest absolute Gasteiger partial charge is 0.142 e. The van der Waals surface area contributed by atoms with Crippen molar-refractivity contribution >= 4 is 25.3 Å². The molecule has 0 heterocycles. The van der Waals surface area contributed by atoms with Gasteiger partial charge in [0.05, 0.1) is 0 Å². The van der Waals surface area contributed by atoms with Crippen LogP contribution in [0.3, 0.4) is 0 Å². The van der Waals surface area contributed by atoms with Gasteiger partial charge < -0.3 is 0 Å². The standard InChI is InChI=1S/C9H12S2/c1-6(2)7-4-3-5-8(10)9(7)11/h3-6,10-11H,1-2H3. The summed E-state index contributed by atoms with van der Waals surface area (Å²) in [5, 5.41) is 0. The van der Waals surface area contributed by atoms with Crippen LogP contribution in [0.2, 0.25) is 0 Å². The molecule has 0 fully saturated rings. The smallest absolute Gasteiger partial charge is 0.0209 e. The van der Waals surface area contributed by atoms with Gasteiger partial charge in [-0.1, -0.05) is 26.0 Å². The molecule has 0 atom stereocenters. The lowest BCUT2D eigenvalue weighted by Crippen LogP contribution is -1.89. The summed E-state index contributed by atoms with van der Waals surface area (Å²) in [6.07, 6.45) is 0. The molecule has 0 spiro atoms. The van der Waals surface area contributed by atoms with Gasteiger partial charge in [-0.05, 0) is 17.5 Å². The Bertz CT molecular complexity index is 254. The number of hydrogen-bond donors (Lipinski definition) is 2. The molecule has 0 saturated heterocycles. The molecule has 1 aromatic carbocycles. The second-order valence-electron chi connectivity index (χ2n) is 2.87. The van der Waals surface area contributed by atoms with Gasteiger partial charge in [0.25, 0.3) is 0 Å². The van der Waals surface area contributed by atoms with Crippen LogP contribution in [-0.2, 0) is 0 Å². The van der Waals surface area contributed by atoms with Gasteiger partial charge in [0, 0.05) is 9.79 Å². The fourth-order valence-electron chi connectivity index (χ4n) is 1.01. The SMILES string of the molecule is CC(C)c1cccc(S)c1S. The van der Waals surface area contributed by atoms with E-state index < -0.39 is 0 Å². The molecule has 0 N–H and O–H groups in total. The lowest BCUT2D eigenvalue weighted by Gasteiger charge is -2.09. The van der Waals surface area contributed by atoms with Gasteiger partial charge in [-0.3, -0.25) is 0 Å². The van der Waals surface area contributed by atoms with E-state index >= 15 is 0 Å². The summed E-state index contributed by atoms with van der Waals surface area (Å²) < 4.78 is 0. The van der Waals surface area contributed by atoms with Crippen LogP contribution >= 0.6 is 25.3 Å². The average Bonchev–Trinajstić information content (AvgIpc) is 1.94. The normalized spacial score (nSPS) is 10.6. The second-order valence-corrected chi connectivity index (χ2v) is 3.80. The van der Waals surface area contributed by atoms with Gasteiger partial charge >= 0.3 is 0 Å². The molecule has 0 radical (unpaired) electrons. The Labute approximate surface area is 78.8 Å². The second kappa shape index (κ2) is 3.55. The molecule has 0 aliphatic rings. The van der Waals surface area contributed by atoms with Crippen LogP contribution in [0.4, 0.5) is 0 Å². The van der Waals surface area contributed by atoms with Crippen LogP contribution in [0.1, 0.15) is 25.3 Å². The van der Waals surface area contributed by atoms with Gasteiger partial charge in [0.2, 0.25) is 0 Å². The van der Waals surface area contributed by atoms with Crippen molar-refractivity contribution < 1.29 is 0 Å². The number of hydrogen-bond acceptors (Lipinski definition) is 2. The lowest BCUT2D eigenvalue weighted by molar-refractivity contribution is 0.832. The summed E-state index contributed by atoms with van der Waals surface area (Å²) in [7, 11) is 0. The average molecular weight is 184 g/mol. The molecule has 1 rings (SSSR count). The van der Waals surface area contributed by atoms with E-state index in [1.165, 1.54) is 5.56 Å². The Kier molecular flexibility index (Phi) is 2.90. The van der Waals surface area contributed by atoms with Crippen molar-refractivity contribution in [2.45, 2.75) is 29.6 Å². The Morgan fingerprint density at radius 3 is 2.27 bits per heavy atom. The van der Waals surface area contributed by atoms with Gasteiger partial charge in [-0.15, -0.1) is 25.3 Å².